The first-order valence-corrected chi connectivity index (χ1v) is 9.70. The summed E-state index contributed by atoms with van der Waals surface area (Å²) >= 11 is 0. The van der Waals surface area contributed by atoms with Crippen LogP contribution in [0.15, 0.2) is 30.3 Å². The van der Waals surface area contributed by atoms with Gasteiger partial charge in [0.2, 0.25) is 5.91 Å². The van der Waals surface area contributed by atoms with Crippen LogP contribution in [0.25, 0.3) is 0 Å². The van der Waals surface area contributed by atoms with Gasteiger partial charge in [-0.25, -0.2) is 4.79 Å². The van der Waals surface area contributed by atoms with Crippen molar-refractivity contribution >= 4 is 17.8 Å². The topological polar surface area (TPSA) is 91.0 Å². The van der Waals surface area contributed by atoms with E-state index in [9.17, 15) is 14.4 Å². The van der Waals surface area contributed by atoms with Gasteiger partial charge in [-0.15, -0.1) is 0 Å². The molecule has 3 rings (SSSR count). The van der Waals surface area contributed by atoms with Crippen molar-refractivity contribution in [2.75, 3.05) is 32.8 Å². The fourth-order valence-corrected chi connectivity index (χ4v) is 3.46. The highest BCUT2D eigenvalue weighted by molar-refractivity contribution is 6.06. The predicted octanol–water partition coefficient (Wildman–Crippen LogP) is 0.580. The number of morpholine rings is 1. The van der Waals surface area contributed by atoms with Gasteiger partial charge in [0.15, 0.2) is 0 Å². The molecule has 8 nitrogen and oxygen atoms in total. The lowest BCUT2D eigenvalue weighted by atomic mass is 10.1. The lowest BCUT2D eigenvalue weighted by Gasteiger charge is -2.33. The summed E-state index contributed by atoms with van der Waals surface area (Å²) in [6, 6.07) is 9.15. The lowest BCUT2D eigenvalue weighted by Crippen LogP contribution is -2.49. The molecule has 2 aliphatic rings. The molecular weight excluding hydrogens is 360 g/mol. The second kappa shape index (κ2) is 9.16. The first-order chi connectivity index (χ1) is 13.4. The number of ether oxygens (including phenoxy) is 1. The van der Waals surface area contributed by atoms with E-state index in [0.717, 1.165) is 18.0 Å². The van der Waals surface area contributed by atoms with Crippen LogP contribution in [0.1, 0.15) is 19.4 Å². The van der Waals surface area contributed by atoms with Crippen molar-refractivity contribution in [2.45, 2.75) is 32.5 Å². The molecule has 2 aliphatic heterocycles. The number of benzene rings is 1. The summed E-state index contributed by atoms with van der Waals surface area (Å²) in [5.74, 6) is -0.731. The van der Waals surface area contributed by atoms with Gasteiger partial charge in [0, 0.05) is 26.2 Å². The molecule has 0 aromatic heterocycles. The number of hydrogen-bond acceptors (Lipinski definition) is 5. The Morgan fingerprint density at radius 2 is 2.04 bits per heavy atom. The predicted molar refractivity (Wildman–Crippen MR) is 103 cm³/mol. The van der Waals surface area contributed by atoms with E-state index in [1.165, 1.54) is 5.56 Å². The van der Waals surface area contributed by atoms with E-state index in [2.05, 4.69) is 27.7 Å². The Labute approximate surface area is 165 Å². The summed E-state index contributed by atoms with van der Waals surface area (Å²) in [5.41, 5.74) is 1.24. The van der Waals surface area contributed by atoms with Crippen molar-refractivity contribution < 1.29 is 19.1 Å². The van der Waals surface area contributed by atoms with Crippen LogP contribution in [0, 0.1) is 5.92 Å². The quantitative estimate of drug-likeness (QED) is 0.667. The number of carbonyl (C=O) groups is 3. The minimum Gasteiger partial charge on any atom is -0.374 e. The fourth-order valence-electron chi connectivity index (χ4n) is 3.46. The zero-order valence-electron chi connectivity index (χ0n) is 16.4. The summed E-state index contributed by atoms with van der Waals surface area (Å²) in [7, 11) is 0. The minimum absolute atomic E-state index is 0.0178. The first kappa shape index (κ1) is 20.3. The second-order valence-corrected chi connectivity index (χ2v) is 7.61. The maximum Gasteiger partial charge on any atom is 0.325 e. The van der Waals surface area contributed by atoms with Crippen LogP contribution < -0.4 is 10.6 Å². The van der Waals surface area contributed by atoms with Gasteiger partial charge in [0.05, 0.1) is 12.7 Å². The largest absolute Gasteiger partial charge is 0.374 e. The molecule has 2 saturated heterocycles. The summed E-state index contributed by atoms with van der Waals surface area (Å²) in [6.45, 7) is 6.80. The maximum absolute atomic E-state index is 12.2. The van der Waals surface area contributed by atoms with Crippen molar-refractivity contribution in [3.63, 3.8) is 0 Å². The summed E-state index contributed by atoms with van der Waals surface area (Å²) < 4.78 is 5.74. The molecule has 8 heteroatoms. The molecule has 28 heavy (non-hydrogen) atoms. The minimum atomic E-state index is -0.562. The SMILES string of the molecule is CC(C)[C@@H]1NC(=O)N(CC(=O)NC[C@@H]2CN(Cc3ccccc3)CCO2)C1=O. The molecule has 1 aromatic carbocycles. The Morgan fingerprint density at radius 1 is 1.29 bits per heavy atom. The Balaban J connectivity index is 1.44. The molecule has 0 aliphatic carbocycles. The highest BCUT2D eigenvalue weighted by atomic mass is 16.5. The molecule has 2 fully saturated rings. The number of rotatable bonds is 7. The molecule has 152 valence electrons. The van der Waals surface area contributed by atoms with Crippen LogP contribution in [-0.4, -0.2) is 72.6 Å². The number of amides is 4. The molecule has 0 unspecified atom stereocenters. The van der Waals surface area contributed by atoms with Crippen LogP contribution in [0.4, 0.5) is 4.79 Å². The van der Waals surface area contributed by atoms with E-state index in [-0.39, 0.29) is 30.4 Å². The third-order valence-corrected chi connectivity index (χ3v) is 5.02. The van der Waals surface area contributed by atoms with E-state index in [0.29, 0.717) is 19.7 Å². The smallest absolute Gasteiger partial charge is 0.325 e. The number of imide groups is 1. The number of carbonyl (C=O) groups excluding carboxylic acids is 3. The van der Waals surface area contributed by atoms with Gasteiger partial charge in [0.25, 0.3) is 5.91 Å². The molecule has 2 N–H and O–H groups in total. The Kier molecular flexibility index (Phi) is 6.64. The van der Waals surface area contributed by atoms with Gasteiger partial charge in [-0.2, -0.15) is 0 Å². The Bertz CT molecular complexity index is 709. The Hall–Kier alpha value is -2.45. The molecular formula is C20H28N4O4. The van der Waals surface area contributed by atoms with Gasteiger partial charge in [0.1, 0.15) is 12.6 Å². The Morgan fingerprint density at radius 3 is 2.71 bits per heavy atom. The highest BCUT2D eigenvalue weighted by Gasteiger charge is 2.40. The van der Waals surface area contributed by atoms with Crippen LogP contribution in [0.5, 0.6) is 0 Å². The number of urea groups is 1. The molecule has 0 saturated carbocycles. The van der Waals surface area contributed by atoms with E-state index >= 15 is 0 Å². The van der Waals surface area contributed by atoms with Crippen LogP contribution in [-0.2, 0) is 20.9 Å². The normalized spacial score (nSPS) is 23.2. The monoisotopic (exact) mass is 388 g/mol. The standard InChI is InChI=1S/C20H28N4O4/c1-14(2)18-19(26)24(20(27)22-18)13-17(25)21-10-16-12-23(8-9-28-16)11-15-6-4-3-5-7-15/h3-7,14,16,18H,8-13H2,1-2H3,(H,21,25)(H,22,27)/t16-,18+/m1/s1. The molecule has 0 bridgehead atoms. The van der Waals surface area contributed by atoms with Crippen molar-refractivity contribution in [1.29, 1.82) is 0 Å². The third-order valence-electron chi connectivity index (χ3n) is 5.02. The van der Waals surface area contributed by atoms with Crippen LogP contribution in [0.3, 0.4) is 0 Å². The fraction of sp³-hybridized carbons (Fsp3) is 0.550. The number of nitrogens with zero attached hydrogens (tertiary/aromatic N) is 2. The molecule has 0 radical (unpaired) electrons. The molecule has 0 spiro atoms. The van der Waals surface area contributed by atoms with Gasteiger partial charge in [-0.3, -0.25) is 19.4 Å². The van der Waals surface area contributed by atoms with Crippen molar-refractivity contribution in [1.82, 2.24) is 20.4 Å². The zero-order chi connectivity index (χ0) is 20.1. The van der Waals surface area contributed by atoms with Gasteiger partial charge in [-0.1, -0.05) is 44.2 Å². The first-order valence-electron chi connectivity index (χ1n) is 9.70. The molecule has 4 amide bonds. The van der Waals surface area contributed by atoms with Crippen molar-refractivity contribution in [3.05, 3.63) is 35.9 Å². The average Bonchev–Trinajstić information content (AvgIpc) is 2.96. The molecule has 1 aromatic rings. The van der Waals surface area contributed by atoms with Crippen LogP contribution >= 0.6 is 0 Å². The lowest BCUT2D eigenvalue weighted by molar-refractivity contribution is -0.133. The third kappa shape index (κ3) is 5.08. The van der Waals surface area contributed by atoms with Crippen molar-refractivity contribution in [2.24, 2.45) is 5.92 Å². The average molecular weight is 388 g/mol. The zero-order valence-corrected chi connectivity index (χ0v) is 16.4. The number of nitrogens with one attached hydrogen (secondary N) is 2. The van der Waals surface area contributed by atoms with Gasteiger partial charge >= 0.3 is 6.03 Å². The molecule has 2 heterocycles. The number of hydrogen-bond donors (Lipinski definition) is 2. The summed E-state index contributed by atoms with van der Waals surface area (Å²) in [6.07, 6.45) is -0.118. The van der Waals surface area contributed by atoms with Gasteiger partial charge < -0.3 is 15.4 Å². The van der Waals surface area contributed by atoms with Gasteiger partial charge in [-0.05, 0) is 11.5 Å². The van der Waals surface area contributed by atoms with E-state index in [1.807, 2.05) is 32.0 Å². The van der Waals surface area contributed by atoms with Crippen LogP contribution in [0.2, 0.25) is 0 Å². The van der Waals surface area contributed by atoms with E-state index in [4.69, 9.17) is 4.74 Å². The summed E-state index contributed by atoms with van der Waals surface area (Å²) in [5, 5.41) is 5.40. The highest BCUT2D eigenvalue weighted by Crippen LogP contribution is 2.13. The van der Waals surface area contributed by atoms with E-state index < -0.39 is 12.1 Å². The second-order valence-electron chi connectivity index (χ2n) is 7.61. The maximum atomic E-state index is 12.2. The van der Waals surface area contributed by atoms with E-state index in [1.54, 1.807) is 0 Å². The molecule has 2 atom stereocenters. The summed E-state index contributed by atoms with van der Waals surface area (Å²) in [4.78, 5) is 39.7. The van der Waals surface area contributed by atoms with Crippen molar-refractivity contribution in [3.8, 4) is 0 Å².